The van der Waals surface area contributed by atoms with Gasteiger partial charge in [-0.3, -0.25) is 37.3 Å². The van der Waals surface area contributed by atoms with E-state index in [0.29, 0.717) is 25.7 Å². The zero-order valence-corrected chi connectivity index (χ0v) is 59.5. The topological polar surface area (TPSA) is 237 Å². The van der Waals surface area contributed by atoms with Crippen molar-refractivity contribution < 1.29 is 80.2 Å². The average molecular weight is 1310 g/mol. The lowest BCUT2D eigenvalue weighted by Gasteiger charge is -2.21. The quantitative estimate of drug-likeness (QED) is 0.0222. The maximum atomic E-state index is 13.0. The molecule has 0 amide bonds. The van der Waals surface area contributed by atoms with Crippen LogP contribution >= 0.6 is 15.6 Å². The Morgan fingerprint density at radius 3 is 0.764 bits per heavy atom. The second-order valence-electron chi connectivity index (χ2n) is 26.2. The number of phosphoric acid groups is 2. The van der Waals surface area contributed by atoms with Crippen LogP contribution in [0.5, 0.6) is 0 Å². The van der Waals surface area contributed by atoms with Crippen molar-refractivity contribution in [3.05, 3.63) is 0 Å². The lowest BCUT2D eigenvalue weighted by atomic mass is 10.0. The van der Waals surface area contributed by atoms with Gasteiger partial charge in [0.05, 0.1) is 26.4 Å². The Balaban J connectivity index is 5.14. The van der Waals surface area contributed by atoms with Gasteiger partial charge in [-0.25, -0.2) is 9.13 Å². The first-order valence-electron chi connectivity index (χ1n) is 36.5. The number of hydrogen-bond donors (Lipinski definition) is 3. The van der Waals surface area contributed by atoms with E-state index in [-0.39, 0.29) is 25.7 Å². The van der Waals surface area contributed by atoms with E-state index in [9.17, 15) is 43.2 Å². The summed E-state index contributed by atoms with van der Waals surface area (Å²) in [5.41, 5.74) is 0. The van der Waals surface area contributed by atoms with Crippen LogP contribution in [0.1, 0.15) is 356 Å². The summed E-state index contributed by atoms with van der Waals surface area (Å²) in [5.74, 6) is -0.544. The van der Waals surface area contributed by atoms with Crippen molar-refractivity contribution in [1.29, 1.82) is 0 Å². The second-order valence-corrected chi connectivity index (χ2v) is 29.1. The van der Waals surface area contributed by atoms with Gasteiger partial charge in [-0.2, -0.15) is 0 Å². The molecule has 0 aromatic carbocycles. The van der Waals surface area contributed by atoms with Gasteiger partial charge in [-0.1, -0.05) is 305 Å². The molecule has 0 aliphatic heterocycles. The number of aliphatic hydroxyl groups is 1. The number of rotatable bonds is 69. The van der Waals surface area contributed by atoms with Gasteiger partial charge in [0, 0.05) is 25.7 Å². The molecule has 0 rings (SSSR count). The van der Waals surface area contributed by atoms with Gasteiger partial charge in [-0.05, 0) is 37.5 Å². The first kappa shape index (κ1) is 87.1. The number of ether oxygens (including phenoxy) is 4. The number of esters is 4. The molecule has 0 saturated carbocycles. The average Bonchev–Trinajstić information content (AvgIpc) is 3.71. The fourth-order valence-electron chi connectivity index (χ4n) is 10.6. The van der Waals surface area contributed by atoms with Crippen LogP contribution in [-0.4, -0.2) is 96.7 Å². The van der Waals surface area contributed by atoms with Crippen molar-refractivity contribution in [2.75, 3.05) is 39.6 Å². The highest BCUT2D eigenvalue weighted by atomic mass is 31.2. The van der Waals surface area contributed by atoms with Crippen molar-refractivity contribution >= 4 is 39.5 Å². The van der Waals surface area contributed by atoms with Crippen molar-refractivity contribution in [1.82, 2.24) is 0 Å². The molecular formula is C70H136O17P2. The highest BCUT2D eigenvalue weighted by molar-refractivity contribution is 7.47. The number of aliphatic hydroxyl groups excluding tert-OH is 1. The number of phosphoric ester groups is 2. The van der Waals surface area contributed by atoms with E-state index >= 15 is 0 Å². The van der Waals surface area contributed by atoms with E-state index in [1.54, 1.807) is 0 Å². The van der Waals surface area contributed by atoms with Crippen molar-refractivity contribution in [3.63, 3.8) is 0 Å². The Morgan fingerprint density at radius 1 is 0.303 bits per heavy atom. The molecule has 0 aromatic heterocycles. The Labute approximate surface area is 543 Å². The summed E-state index contributed by atoms with van der Waals surface area (Å²) in [4.78, 5) is 72.2. The standard InChI is InChI=1S/C70H136O17P2/c1-7-9-11-13-14-15-30-36-42-48-54-69(74)86-65(58-80-67(72)52-46-38-12-10-8-2)60-84-88(76,77)82-56-64(71)57-83-89(78,79)85-61-66(59-81-68(73)53-47-41-35-31-26-23-22-25-29-34-40-45-51-63(5)6)87-70(75)55-49-43-37-32-27-21-19-17-16-18-20-24-28-33-39-44-50-62(3)4/h62-66,71H,7-61H2,1-6H3,(H,76,77)(H,78,79)/t64-,65+,66+/m0/s1. The first-order valence-corrected chi connectivity index (χ1v) is 39.5. The molecule has 0 heterocycles. The van der Waals surface area contributed by atoms with E-state index < -0.39 is 97.5 Å². The number of carbonyl (C=O) groups is 4. The molecule has 0 aliphatic carbocycles. The first-order chi connectivity index (χ1) is 42.9. The maximum absolute atomic E-state index is 13.0. The van der Waals surface area contributed by atoms with Gasteiger partial charge < -0.3 is 33.8 Å². The molecule has 17 nitrogen and oxygen atoms in total. The summed E-state index contributed by atoms with van der Waals surface area (Å²) < 4.78 is 68.0. The molecule has 0 aliphatic rings. The number of unbranched alkanes of at least 4 members (excludes halogenated alkanes) is 39. The summed E-state index contributed by atoms with van der Waals surface area (Å²) in [5, 5.41) is 10.5. The Hall–Kier alpha value is -1.94. The minimum absolute atomic E-state index is 0.105. The summed E-state index contributed by atoms with van der Waals surface area (Å²) in [6.45, 7) is 9.49. The highest BCUT2D eigenvalue weighted by Crippen LogP contribution is 2.45. The molecule has 89 heavy (non-hydrogen) atoms. The van der Waals surface area contributed by atoms with E-state index in [1.807, 2.05) is 0 Å². The Kier molecular flexibility index (Phi) is 60.8. The molecule has 0 bridgehead atoms. The van der Waals surface area contributed by atoms with Crippen molar-refractivity contribution in [2.24, 2.45) is 11.8 Å². The summed E-state index contributed by atoms with van der Waals surface area (Å²) in [6, 6.07) is 0. The molecule has 0 spiro atoms. The van der Waals surface area contributed by atoms with E-state index in [4.69, 9.17) is 37.0 Å². The van der Waals surface area contributed by atoms with Gasteiger partial charge in [0.1, 0.15) is 19.3 Å². The van der Waals surface area contributed by atoms with Crippen LogP contribution in [0.15, 0.2) is 0 Å². The third-order valence-electron chi connectivity index (χ3n) is 16.2. The predicted molar refractivity (Wildman–Crippen MR) is 358 cm³/mol. The molecule has 5 atom stereocenters. The zero-order valence-electron chi connectivity index (χ0n) is 57.7. The van der Waals surface area contributed by atoms with Crippen LogP contribution in [0.3, 0.4) is 0 Å². The molecule has 0 aromatic rings. The smallest absolute Gasteiger partial charge is 0.462 e. The zero-order chi connectivity index (χ0) is 65.7. The minimum atomic E-state index is -4.95. The molecule has 528 valence electrons. The minimum Gasteiger partial charge on any atom is -0.462 e. The predicted octanol–water partition coefficient (Wildman–Crippen LogP) is 20.0. The molecule has 3 N–H and O–H groups in total. The summed E-state index contributed by atoms with van der Waals surface area (Å²) in [7, 11) is -9.89. The van der Waals surface area contributed by atoms with Crippen LogP contribution in [0.25, 0.3) is 0 Å². The second kappa shape index (κ2) is 62.2. The van der Waals surface area contributed by atoms with Crippen LogP contribution in [0.2, 0.25) is 0 Å². The fourth-order valence-corrected chi connectivity index (χ4v) is 12.2. The van der Waals surface area contributed by atoms with Gasteiger partial charge in [0.15, 0.2) is 12.2 Å². The molecule has 0 radical (unpaired) electrons. The van der Waals surface area contributed by atoms with Crippen LogP contribution in [-0.2, 0) is 65.4 Å². The molecule has 19 heteroatoms. The van der Waals surface area contributed by atoms with E-state index in [0.717, 1.165) is 108 Å². The van der Waals surface area contributed by atoms with Crippen LogP contribution in [0.4, 0.5) is 0 Å². The van der Waals surface area contributed by atoms with Gasteiger partial charge >= 0.3 is 39.5 Å². The van der Waals surface area contributed by atoms with E-state index in [2.05, 4.69) is 41.5 Å². The summed E-state index contributed by atoms with van der Waals surface area (Å²) in [6.07, 6.45) is 47.6. The van der Waals surface area contributed by atoms with Crippen molar-refractivity contribution in [3.8, 4) is 0 Å². The molecular weight excluding hydrogens is 1170 g/mol. The third kappa shape index (κ3) is 64.6. The Morgan fingerprint density at radius 2 is 0.517 bits per heavy atom. The van der Waals surface area contributed by atoms with Crippen molar-refractivity contribution in [2.45, 2.75) is 374 Å². The molecule has 0 saturated heterocycles. The SMILES string of the molecule is CCCCCCCCCCCCC(=O)O[C@H](COC(=O)CCCCCCC)COP(=O)(O)OC[C@H](O)COP(=O)(O)OC[C@@H](COC(=O)CCCCCCCCCCCCCCC(C)C)OC(=O)CCCCCCCCCCCCCCCCCCC(C)C. The van der Waals surface area contributed by atoms with Gasteiger partial charge in [-0.15, -0.1) is 0 Å². The van der Waals surface area contributed by atoms with Gasteiger partial charge in [0.2, 0.25) is 0 Å². The lowest BCUT2D eigenvalue weighted by molar-refractivity contribution is -0.161. The highest BCUT2D eigenvalue weighted by Gasteiger charge is 2.30. The lowest BCUT2D eigenvalue weighted by Crippen LogP contribution is -2.30. The number of hydrogen-bond acceptors (Lipinski definition) is 15. The van der Waals surface area contributed by atoms with Gasteiger partial charge in [0.25, 0.3) is 0 Å². The Bertz CT molecular complexity index is 1730. The third-order valence-corrected chi connectivity index (χ3v) is 18.1. The van der Waals surface area contributed by atoms with Crippen LogP contribution < -0.4 is 0 Å². The molecule has 2 unspecified atom stereocenters. The maximum Gasteiger partial charge on any atom is 0.472 e. The fraction of sp³-hybridized carbons (Fsp3) is 0.943. The largest absolute Gasteiger partial charge is 0.472 e. The normalized spacial score (nSPS) is 14.1. The summed E-state index contributed by atoms with van der Waals surface area (Å²) >= 11 is 0. The van der Waals surface area contributed by atoms with E-state index in [1.165, 1.54) is 167 Å². The molecule has 0 fully saturated rings. The number of carbonyl (C=O) groups excluding carboxylic acids is 4. The van der Waals surface area contributed by atoms with Crippen LogP contribution in [0, 0.1) is 11.8 Å². The monoisotopic (exact) mass is 1310 g/mol.